The van der Waals surface area contributed by atoms with Crippen LogP contribution in [0.5, 0.6) is 0 Å². The van der Waals surface area contributed by atoms with Gasteiger partial charge in [0, 0.05) is 12.8 Å². The number of hydrogen-bond donors (Lipinski definition) is 4. The lowest BCUT2D eigenvalue weighted by molar-refractivity contribution is -0.161. The van der Waals surface area contributed by atoms with E-state index in [0.717, 1.165) is 38.0 Å². The second-order valence-electron chi connectivity index (χ2n) is 13.6. The van der Waals surface area contributed by atoms with Crippen LogP contribution in [0, 0.1) is 5.92 Å². The number of carbonyl (C=O) groups excluding carboxylic acids is 2. The van der Waals surface area contributed by atoms with Crippen molar-refractivity contribution in [3.63, 3.8) is 0 Å². The highest BCUT2D eigenvalue weighted by Gasteiger charge is 2.27. The SMILES string of the molecule is CCCCCCCC/C=C/C/C=C/C=C/C(O)CCCC(=O)OC[C@H](COP(=O)(O)OC[C@@H](O)CO)OC(=O)CCCCCCCCCC(C)C. The van der Waals surface area contributed by atoms with Crippen molar-refractivity contribution in [3.8, 4) is 0 Å². The maximum Gasteiger partial charge on any atom is 0.472 e. The Bertz CT molecular complexity index is 982. The summed E-state index contributed by atoms with van der Waals surface area (Å²) in [6.07, 6.45) is 27.5. The predicted octanol–water partition coefficient (Wildman–Crippen LogP) is 8.44. The number of allylic oxidation sites excluding steroid dienone is 5. The van der Waals surface area contributed by atoms with Gasteiger partial charge in [-0.2, -0.15) is 0 Å². The summed E-state index contributed by atoms with van der Waals surface area (Å²) < 4.78 is 32.4. The number of aliphatic hydroxyl groups excluding tert-OH is 3. The Labute approximate surface area is 308 Å². The van der Waals surface area contributed by atoms with Crippen LogP contribution in [0.1, 0.15) is 149 Å². The van der Waals surface area contributed by atoms with E-state index < -0.39 is 64.5 Å². The first-order chi connectivity index (χ1) is 24.5. The Balaban J connectivity index is 4.53. The first-order valence-corrected chi connectivity index (χ1v) is 20.9. The first kappa shape index (κ1) is 49.1. The summed E-state index contributed by atoms with van der Waals surface area (Å²) in [5, 5.41) is 28.5. The second-order valence-corrected chi connectivity index (χ2v) is 15.1. The number of hydrogen-bond acceptors (Lipinski definition) is 10. The van der Waals surface area contributed by atoms with E-state index in [1.807, 2.05) is 12.2 Å². The van der Waals surface area contributed by atoms with E-state index in [2.05, 4.69) is 37.4 Å². The smallest absolute Gasteiger partial charge is 0.462 e. The molecule has 4 N–H and O–H groups in total. The van der Waals surface area contributed by atoms with Gasteiger partial charge in [0.2, 0.25) is 0 Å². The average molecular weight is 747 g/mol. The summed E-state index contributed by atoms with van der Waals surface area (Å²) in [5.41, 5.74) is 0. The molecule has 51 heavy (non-hydrogen) atoms. The van der Waals surface area contributed by atoms with Gasteiger partial charge in [0.1, 0.15) is 12.7 Å². The van der Waals surface area contributed by atoms with Crippen molar-refractivity contribution in [2.75, 3.05) is 26.4 Å². The van der Waals surface area contributed by atoms with Gasteiger partial charge >= 0.3 is 19.8 Å². The standard InChI is InChI=1S/C39H71O11P/c1-4-5-6-7-8-9-10-11-12-13-16-19-22-26-35(41)27-24-29-38(43)47-32-37(33-49-51(45,46)48-31-36(42)30-40)50-39(44)28-23-20-17-14-15-18-21-25-34(2)3/h11-12,16,19,22,26,34-37,40-42H,4-10,13-15,17-18,20-21,23-25,27-33H2,1-3H3,(H,45,46)/b12-11+,19-16+,26-22+/t35?,36-,37+/m0/s1. The Kier molecular flexibility index (Phi) is 32.7. The Morgan fingerprint density at radius 2 is 1.33 bits per heavy atom. The summed E-state index contributed by atoms with van der Waals surface area (Å²) in [6.45, 7) is 4.37. The lowest BCUT2D eigenvalue weighted by Gasteiger charge is -2.20. The van der Waals surface area contributed by atoms with Gasteiger partial charge in [-0.3, -0.25) is 18.6 Å². The number of ether oxygens (including phenoxy) is 2. The van der Waals surface area contributed by atoms with E-state index in [-0.39, 0.29) is 12.8 Å². The third kappa shape index (κ3) is 35.0. The highest BCUT2D eigenvalue weighted by atomic mass is 31.2. The zero-order valence-electron chi connectivity index (χ0n) is 31.8. The van der Waals surface area contributed by atoms with Crippen molar-refractivity contribution < 1.29 is 52.9 Å². The van der Waals surface area contributed by atoms with Crippen LogP contribution in [0.4, 0.5) is 0 Å². The minimum absolute atomic E-state index is 0.0176. The lowest BCUT2D eigenvalue weighted by Crippen LogP contribution is -2.30. The van der Waals surface area contributed by atoms with Crippen LogP contribution in [0.15, 0.2) is 36.5 Å². The molecule has 0 bridgehead atoms. The highest BCUT2D eigenvalue weighted by molar-refractivity contribution is 7.47. The monoisotopic (exact) mass is 746 g/mol. The van der Waals surface area contributed by atoms with Gasteiger partial charge in [0.05, 0.1) is 25.9 Å². The van der Waals surface area contributed by atoms with Crippen LogP contribution in [-0.2, 0) is 32.7 Å². The maximum atomic E-state index is 12.5. The molecule has 0 saturated carbocycles. The summed E-state index contributed by atoms with van der Waals surface area (Å²) >= 11 is 0. The minimum Gasteiger partial charge on any atom is -0.462 e. The maximum absolute atomic E-state index is 12.5. The zero-order valence-corrected chi connectivity index (χ0v) is 32.7. The quantitative estimate of drug-likeness (QED) is 0.0161. The van der Waals surface area contributed by atoms with Gasteiger partial charge in [-0.1, -0.05) is 134 Å². The number of phosphoric ester groups is 1. The van der Waals surface area contributed by atoms with E-state index in [1.165, 1.54) is 64.2 Å². The number of rotatable bonds is 35. The normalized spacial score (nSPS) is 15.1. The number of esters is 2. The summed E-state index contributed by atoms with van der Waals surface area (Å²) in [4.78, 5) is 34.8. The average Bonchev–Trinajstić information content (AvgIpc) is 3.09. The summed E-state index contributed by atoms with van der Waals surface area (Å²) in [6, 6.07) is 0. The first-order valence-electron chi connectivity index (χ1n) is 19.4. The Hall–Kier alpha value is -1.85. The fourth-order valence-electron chi connectivity index (χ4n) is 5.01. The molecule has 0 saturated heterocycles. The molecule has 0 aliphatic carbocycles. The minimum atomic E-state index is -4.65. The molecule has 11 nitrogen and oxygen atoms in total. The van der Waals surface area contributed by atoms with Crippen LogP contribution >= 0.6 is 7.82 Å². The number of carbonyl (C=O) groups is 2. The number of unbranched alkanes of at least 4 members (excludes halogenated alkanes) is 12. The van der Waals surface area contributed by atoms with Crippen LogP contribution in [0.2, 0.25) is 0 Å². The van der Waals surface area contributed by atoms with Crippen LogP contribution in [-0.4, -0.2) is 76.9 Å². The molecule has 12 heteroatoms. The van der Waals surface area contributed by atoms with Gasteiger partial charge in [0.25, 0.3) is 0 Å². The molecule has 0 heterocycles. The molecular weight excluding hydrogens is 675 g/mol. The third-order valence-electron chi connectivity index (χ3n) is 8.08. The molecule has 0 spiro atoms. The number of phosphoric acid groups is 1. The highest BCUT2D eigenvalue weighted by Crippen LogP contribution is 2.43. The topological polar surface area (TPSA) is 169 Å². The van der Waals surface area contributed by atoms with Crippen LogP contribution in [0.25, 0.3) is 0 Å². The third-order valence-corrected chi connectivity index (χ3v) is 9.03. The molecule has 0 radical (unpaired) electrons. The molecule has 4 atom stereocenters. The largest absolute Gasteiger partial charge is 0.472 e. The van der Waals surface area contributed by atoms with E-state index in [4.69, 9.17) is 19.1 Å². The van der Waals surface area contributed by atoms with Crippen LogP contribution < -0.4 is 0 Å². The van der Waals surface area contributed by atoms with Crippen molar-refractivity contribution in [1.82, 2.24) is 0 Å². The Morgan fingerprint density at radius 1 is 0.706 bits per heavy atom. The molecule has 0 aliphatic heterocycles. The predicted molar refractivity (Wildman–Crippen MR) is 202 cm³/mol. The lowest BCUT2D eigenvalue weighted by atomic mass is 10.0. The van der Waals surface area contributed by atoms with Crippen molar-refractivity contribution >= 4 is 19.8 Å². The molecule has 298 valence electrons. The molecule has 0 aromatic carbocycles. The van der Waals surface area contributed by atoms with E-state index in [1.54, 1.807) is 12.2 Å². The van der Waals surface area contributed by atoms with E-state index in [9.17, 15) is 29.3 Å². The molecule has 0 aromatic heterocycles. The zero-order chi connectivity index (χ0) is 38.0. The van der Waals surface area contributed by atoms with Crippen LogP contribution in [0.3, 0.4) is 0 Å². The molecule has 0 amide bonds. The number of aliphatic hydroxyl groups is 3. The van der Waals surface area contributed by atoms with Crippen molar-refractivity contribution in [3.05, 3.63) is 36.5 Å². The van der Waals surface area contributed by atoms with E-state index in [0.29, 0.717) is 19.3 Å². The molecule has 0 rings (SSSR count). The summed E-state index contributed by atoms with van der Waals surface area (Å²) in [5.74, 6) is -0.404. The fourth-order valence-corrected chi connectivity index (χ4v) is 5.80. The molecule has 2 unspecified atom stereocenters. The fraction of sp³-hybridized carbons (Fsp3) is 0.795. The van der Waals surface area contributed by atoms with Gasteiger partial charge in [0.15, 0.2) is 6.10 Å². The molecule has 0 aliphatic rings. The van der Waals surface area contributed by atoms with E-state index >= 15 is 0 Å². The van der Waals surface area contributed by atoms with Crippen molar-refractivity contribution in [2.45, 2.75) is 167 Å². The molecular formula is C39H71O11P. The molecule has 0 fully saturated rings. The van der Waals surface area contributed by atoms with Gasteiger partial charge in [-0.05, 0) is 44.4 Å². The second kappa shape index (κ2) is 34.0. The molecule has 0 aromatic rings. The van der Waals surface area contributed by atoms with Crippen molar-refractivity contribution in [2.24, 2.45) is 5.92 Å². The summed E-state index contributed by atoms with van der Waals surface area (Å²) in [7, 11) is -4.65. The van der Waals surface area contributed by atoms with Crippen molar-refractivity contribution in [1.29, 1.82) is 0 Å². The van der Waals surface area contributed by atoms with Gasteiger partial charge in [-0.25, -0.2) is 4.57 Å². The van der Waals surface area contributed by atoms with Gasteiger partial charge < -0.3 is 29.7 Å². The Morgan fingerprint density at radius 3 is 2.02 bits per heavy atom. The van der Waals surface area contributed by atoms with Gasteiger partial charge in [-0.15, -0.1) is 0 Å².